The number of carbonyl (C=O) groups is 1. The van der Waals surface area contributed by atoms with E-state index in [1.165, 1.54) is 0 Å². The van der Waals surface area contributed by atoms with E-state index in [1.54, 1.807) is 7.11 Å². The summed E-state index contributed by atoms with van der Waals surface area (Å²) >= 11 is 0. The number of benzene rings is 1. The maximum absolute atomic E-state index is 12.2. The van der Waals surface area contributed by atoms with Crippen LogP contribution in [-0.4, -0.2) is 49.2 Å². The third kappa shape index (κ3) is 3.22. The highest BCUT2D eigenvalue weighted by atomic mass is 16.5. The molecule has 22 heavy (non-hydrogen) atoms. The number of methoxy groups -OCH3 is 1. The number of amides is 1. The fraction of sp³-hybridized carbons (Fsp3) is 0.500. The van der Waals surface area contributed by atoms with Crippen molar-refractivity contribution in [2.75, 3.05) is 38.3 Å². The van der Waals surface area contributed by atoms with Gasteiger partial charge in [0.25, 0.3) is 0 Å². The van der Waals surface area contributed by atoms with Crippen LogP contribution in [0.25, 0.3) is 11.0 Å². The van der Waals surface area contributed by atoms with Crippen LogP contribution in [0.5, 0.6) is 0 Å². The first-order valence-electron chi connectivity index (χ1n) is 7.74. The Morgan fingerprint density at radius 1 is 1.50 bits per heavy atom. The zero-order chi connectivity index (χ0) is 15.4. The smallest absolute Gasteiger partial charge is 0.224 e. The monoisotopic (exact) mass is 302 g/mol. The van der Waals surface area contributed by atoms with Gasteiger partial charge in [-0.05, 0) is 25.0 Å². The number of hydrogen-bond acceptors (Lipinski definition) is 4. The molecule has 1 fully saturated rings. The molecule has 1 amide bonds. The van der Waals surface area contributed by atoms with Crippen molar-refractivity contribution < 1.29 is 9.53 Å². The number of H-pyrrole nitrogens is 1. The minimum atomic E-state index is 0.0128. The van der Waals surface area contributed by atoms with Gasteiger partial charge in [-0.25, -0.2) is 4.98 Å². The fourth-order valence-corrected chi connectivity index (χ4v) is 2.89. The van der Waals surface area contributed by atoms with Crippen LogP contribution in [0.4, 0.5) is 5.95 Å². The number of piperidine rings is 1. The van der Waals surface area contributed by atoms with Gasteiger partial charge in [-0.1, -0.05) is 12.1 Å². The van der Waals surface area contributed by atoms with E-state index in [0.717, 1.165) is 36.4 Å². The van der Waals surface area contributed by atoms with Crippen LogP contribution >= 0.6 is 0 Å². The van der Waals surface area contributed by atoms with Gasteiger partial charge in [0.05, 0.1) is 23.6 Å². The lowest BCUT2D eigenvalue weighted by molar-refractivity contribution is -0.125. The molecule has 1 aliphatic heterocycles. The molecule has 2 aromatic rings. The molecule has 0 bridgehead atoms. The Bertz CT molecular complexity index is 607. The molecule has 1 atom stereocenters. The lowest BCUT2D eigenvalue weighted by Crippen LogP contribution is -2.44. The molecule has 3 rings (SSSR count). The molecular formula is C16H22N4O2. The standard InChI is InChI=1S/C16H22N4O2/c1-22-10-8-17-15(21)12-5-4-9-20(11-12)16-18-13-6-2-3-7-14(13)19-16/h2-3,6-7,12H,4-5,8-11H2,1H3,(H,17,21)(H,18,19). The van der Waals surface area contributed by atoms with E-state index in [0.29, 0.717) is 19.7 Å². The van der Waals surface area contributed by atoms with Gasteiger partial charge in [0.1, 0.15) is 0 Å². The number of para-hydroxylation sites is 2. The molecule has 1 saturated heterocycles. The fourth-order valence-electron chi connectivity index (χ4n) is 2.89. The number of fused-ring (bicyclic) bond motifs is 1. The van der Waals surface area contributed by atoms with Crippen molar-refractivity contribution in [3.63, 3.8) is 0 Å². The summed E-state index contributed by atoms with van der Waals surface area (Å²) in [6, 6.07) is 7.99. The molecule has 1 aromatic heterocycles. The van der Waals surface area contributed by atoms with Crippen molar-refractivity contribution in [3.8, 4) is 0 Å². The third-order valence-electron chi connectivity index (χ3n) is 4.07. The maximum Gasteiger partial charge on any atom is 0.224 e. The molecule has 6 nitrogen and oxygen atoms in total. The summed E-state index contributed by atoms with van der Waals surface area (Å²) in [7, 11) is 1.63. The summed E-state index contributed by atoms with van der Waals surface area (Å²) in [5, 5.41) is 2.93. The molecule has 0 saturated carbocycles. The first kappa shape index (κ1) is 14.8. The van der Waals surface area contributed by atoms with Gasteiger partial charge in [-0.2, -0.15) is 0 Å². The Kier molecular flexibility index (Phi) is 4.58. The summed E-state index contributed by atoms with van der Waals surface area (Å²) in [6.07, 6.45) is 1.93. The largest absolute Gasteiger partial charge is 0.383 e. The molecule has 1 aliphatic rings. The van der Waals surface area contributed by atoms with E-state index in [2.05, 4.69) is 20.2 Å². The number of ether oxygens (including phenoxy) is 1. The molecule has 1 unspecified atom stereocenters. The number of anilines is 1. The number of carbonyl (C=O) groups excluding carboxylic acids is 1. The topological polar surface area (TPSA) is 70.2 Å². The maximum atomic E-state index is 12.2. The average molecular weight is 302 g/mol. The molecule has 2 heterocycles. The second-order valence-electron chi connectivity index (χ2n) is 5.65. The van der Waals surface area contributed by atoms with E-state index in [1.807, 2.05) is 24.3 Å². The second kappa shape index (κ2) is 6.79. The minimum Gasteiger partial charge on any atom is -0.383 e. The quantitative estimate of drug-likeness (QED) is 0.822. The molecule has 0 radical (unpaired) electrons. The summed E-state index contributed by atoms with van der Waals surface area (Å²) < 4.78 is 4.96. The number of nitrogens with zero attached hydrogens (tertiary/aromatic N) is 2. The molecule has 2 N–H and O–H groups in total. The van der Waals surface area contributed by atoms with Crippen molar-refractivity contribution in [2.45, 2.75) is 12.8 Å². The van der Waals surface area contributed by atoms with Crippen LogP contribution in [0.2, 0.25) is 0 Å². The summed E-state index contributed by atoms with van der Waals surface area (Å²) in [4.78, 5) is 22.3. The molecule has 6 heteroatoms. The zero-order valence-electron chi connectivity index (χ0n) is 12.8. The third-order valence-corrected chi connectivity index (χ3v) is 4.07. The van der Waals surface area contributed by atoms with Crippen molar-refractivity contribution in [2.24, 2.45) is 5.92 Å². The van der Waals surface area contributed by atoms with E-state index < -0.39 is 0 Å². The van der Waals surface area contributed by atoms with Gasteiger partial charge in [0.2, 0.25) is 11.9 Å². The number of aromatic amines is 1. The van der Waals surface area contributed by atoms with E-state index in [-0.39, 0.29) is 11.8 Å². The average Bonchev–Trinajstić information content (AvgIpc) is 2.99. The Hall–Kier alpha value is -2.08. The van der Waals surface area contributed by atoms with Crippen molar-refractivity contribution in [3.05, 3.63) is 24.3 Å². The predicted molar refractivity (Wildman–Crippen MR) is 85.9 cm³/mol. The van der Waals surface area contributed by atoms with Crippen molar-refractivity contribution >= 4 is 22.9 Å². The van der Waals surface area contributed by atoms with Crippen molar-refractivity contribution in [1.82, 2.24) is 15.3 Å². The van der Waals surface area contributed by atoms with Crippen LogP contribution < -0.4 is 10.2 Å². The normalized spacial score (nSPS) is 18.6. The van der Waals surface area contributed by atoms with Crippen LogP contribution in [0.15, 0.2) is 24.3 Å². The summed E-state index contributed by atoms with van der Waals surface area (Å²) in [5.74, 6) is 0.979. The van der Waals surface area contributed by atoms with E-state index >= 15 is 0 Å². The Balaban J connectivity index is 1.66. The van der Waals surface area contributed by atoms with Gasteiger partial charge in [0.15, 0.2) is 0 Å². The Morgan fingerprint density at radius 2 is 2.36 bits per heavy atom. The highest BCUT2D eigenvalue weighted by molar-refractivity contribution is 5.80. The molecule has 118 valence electrons. The van der Waals surface area contributed by atoms with Crippen LogP contribution in [0, 0.1) is 5.92 Å². The predicted octanol–water partition coefficient (Wildman–Crippen LogP) is 1.54. The summed E-state index contributed by atoms with van der Waals surface area (Å²) in [5.41, 5.74) is 1.99. The zero-order valence-corrected chi connectivity index (χ0v) is 12.8. The Labute approximate surface area is 129 Å². The Morgan fingerprint density at radius 3 is 3.18 bits per heavy atom. The number of hydrogen-bond donors (Lipinski definition) is 2. The van der Waals surface area contributed by atoms with E-state index in [4.69, 9.17) is 4.74 Å². The summed E-state index contributed by atoms with van der Waals surface area (Å²) in [6.45, 7) is 2.75. The number of nitrogens with one attached hydrogen (secondary N) is 2. The van der Waals surface area contributed by atoms with Crippen LogP contribution in [-0.2, 0) is 9.53 Å². The lowest BCUT2D eigenvalue weighted by Gasteiger charge is -2.31. The first-order chi connectivity index (χ1) is 10.8. The van der Waals surface area contributed by atoms with Crippen molar-refractivity contribution in [1.29, 1.82) is 0 Å². The highest BCUT2D eigenvalue weighted by Gasteiger charge is 2.27. The highest BCUT2D eigenvalue weighted by Crippen LogP contribution is 2.23. The second-order valence-corrected chi connectivity index (χ2v) is 5.65. The van der Waals surface area contributed by atoms with Gasteiger partial charge in [-0.15, -0.1) is 0 Å². The number of rotatable bonds is 5. The van der Waals surface area contributed by atoms with Gasteiger partial charge >= 0.3 is 0 Å². The SMILES string of the molecule is COCCNC(=O)C1CCCN(c2nc3ccccc3[nH]2)C1. The van der Waals surface area contributed by atoms with E-state index in [9.17, 15) is 4.79 Å². The van der Waals surface area contributed by atoms with Gasteiger partial charge < -0.3 is 19.9 Å². The minimum absolute atomic E-state index is 0.0128. The number of imidazole rings is 1. The van der Waals surface area contributed by atoms with Gasteiger partial charge in [0, 0.05) is 26.7 Å². The lowest BCUT2D eigenvalue weighted by atomic mass is 9.97. The molecule has 0 spiro atoms. The van der Waals surface area contributed by atoms with Crippen LogP contribution in [0.3, 0.4) is 0 Å². The first-order valence-corrected chi connectivity index (χ1v) is 7.74. The van der Waals surface area contributed by atoms with Crippen LogP contribution in [0.1, 0.15) is 12.8 Å². The molecular weight excluding hydrogens is 280 g/mol. The molecule has 0 aliphatic carbocycles. The molecule has 1 aromatic carbocycles. The number of aromatic nitrogens is 2. The van der Waals surface area contributed by atoms with Gasteiger partial charge in [-0.3, -0.25) is 4.79 Å².